The average molecular weight is 259 g/mol. The van der Waals surface area contributed by atoms with Gasteiger partial charge >= 0.3 is 0 Å². The van der Waals surface area contributed by atoms with Gasteiger partial charge in [0.1, 0.15) is 0 Å². The molecule has 0 aliphatic carbocycles. The van der Waals surface area contributed by atoms with Crippen LogP contribution in [0.1, 0.15) is 25.0 Å². The minimum atomic E-state index is 0.621. The molecule has 2 atom stereocenters. The van der Waals surface area contributed by atoms with E-state index in [-0.39, 0.29) is 0 Å². The van der Waals surface area contributed by atoms with Crippen molar-refractivity contribution in [1.82, 2.24) is 10.2 Å². The highest BCUT2D eigenvalue weighted by molar-refractivity contribution is 5.58. The molecule has 104 valence electrons. The summed E-state index contributed by atoms with van der Waals surface area (Å²) in [6, 6.07) is 8.07. The minimum absolute atomic E-state index is 0.621. The van der Waals surface area contributed by atoms with Crippen LogP contribution in [-0.2, 0) is 13.0 Å². The molecule has 2 heterocycles. The Morgan fingerprint density at radius 1 is 1.16 bits per heavy atom. The lowest BCUT2D eigenvalue weighted by molar-refractivity contribution is 0.170. The zero-order valence-electron chi connectivity index (χ0n) is 12.3. The lowest BCUT2D eigenvalue weighted by Gasteiger charge is -2.44. The quantitative estimate of drug-likeness (QED) is 0.830. The first kappa shape index (κ1) is 12.9. The Kier molecular flexibility index (Phi) is 3.50. The summed E-state index contributed by atoms with van der Waals surface area (Å²) in [7, 11) is 2.24. The van der Waals surface area contributed by atoms with Crippen molar-refractivity contribution < 1.29 is 0 Å². The predicted octanol–water partition coefficient (Wildman–Crippen LogP) is 1.86. The average Bonchev–Trinajstić information content (AvgIpc) is 2.43. The van der Waals surface area contributed by atoms with Gasteiger partial charge in [-0.25, -0.2) is 0 Å². The Balaban J connectivity index is 1.90. The standard InChI is InChI=1S/C16H25N3/c1-12-10-19(11-13(2)18(12)3)16-6-4-5-14-7-8-17-9-15(14)16/h4-6,12-13,17H,7-11H2,1-3H3. The summed E-state index contributed by atoms with van der Waals surface area (Å²) in [5.74, 6) is 0. The van der Waals surface area contributed by atoms with Gasteiger partial charge in [0.05, 0.1) is 0 Å². The summed E-state index contributed by atoms with van der Waals surface area (Å²) >= 11 is 0. The molecule has 1 fully saturated rings. The fourth-order valence-electron chi connectivity index (χ4n) is 3.39. The molecule has 0 bridgehead atoms. The second-order valence-electron chi connectivity index (χ2n) is 6.11. The maximum absolute atomic E-state index is 3.51. The highest BCUT2D eigenvalue weighted by atomic mass is 15.3. The number of nitrogens with one attached hydrogen (secondary N) is 1. The van der Waals surface area contributed by atoms with E-state index in [1.165, 1.54) is 23.2 Å². The van der Waals surface area contributed by atoms with Gasteiger partial charge in [-0.05, 0) is 51.1 Å². The maximum atomic E-state index is 3.51. The third-order valence-electron chi connectivity index (χ3n) is 4.82. The van der Waals surface area contributed by atoms with Crippen molar-refractivity contribution in [3.63, 3.8) is 0 Å². The number of nitrogens with zero attached hydrogens (tertiary/aromatic N) is 2. The van der Waals surface area contributed by atoms with Crippen LogP contribution < -0.4 is 10.2 Å². The van der Waals surface area contributed by atoms with Gasteiger partial charge in [-0.15, -0.1) is 0 Å². The van der Waals surface area contributed by atoms with E-state index in [0.717, 1.165) is 26.2 Å². The second kappa shape index (κ2) is 5.14. The molecule has 0 amide bonds. The molecule has 0 aromatic heterocycles. The monoisotopic (exact) mass is 259 g/mol. The summed E-state index contributed by atoms with van der Waals surface area (Å²) in [5.41, 5.74) is 4.52. The van der Waals surface area contributed by atoms with Gasteiger partial charge < -0.3 is 10.2 Å². The highest BCUT2D eigenvalue weighted by Gasteiger charge is 2.28. The molecule has 2 aliphatic rings. The number of piperazine rings is 1. The number of benzene rings is 1. The lowest BCUT2D eigenvalue weighted by Crippen LogP contribution is -2.55. The van der Waals surface area contributed by atoms with Crippen molar-refractivity contribution in [3.8, 4) is 0 Å². The molecule has 3 heteroatoms. The zero-order chi connectivity index (χ0) is 13.4. The molecule has 0 radical (unpaired) electrons. The van der Waals surface area contributed by atoms with Crippen LogP contribution >= 0.6 is 0 Å². The number of anilines is 1. The van der Waals surface area contributed by atoms with Crippen LogP contribution in [0.15, 0.2) is 18.2 Å². The Bertz CT molecular complexity index is 445. The smallest absolute Gasteiger partial charge is 0.0415 e. The third kappa shape index (κ3) is 2.37. The van der Waals surface area contributed by atoms with Crippen molar-refractivity contribution in [1.29, 1.82) is 0 Å². The van der Waals surface area contributed by atoms with Crippen LogP contribution in [0.3, 0.4) is 0 Å². The first-order chi connectivity index (χ1) is 9.16. The molecule has 1 saturated heterocycles. The van der Waals surface area contributed by atoms with Crippen molar-refractivity contribution in [3.05, 3.63) is 29.3 Å². The molecule has 0 saturated carbocycles. The van der Waals surface area contributed by atoms with Crippen LogP contribution in [0, 0.1) is 0 Å². The van der Waals surface area contributed by atoms with Crippen LogP contribution in [-0.4, -0.2) is 43.7 Å². The molecule has 2 aliphatic heterocycles. The van der Waals surface area contributed by atoms with E-state index in [9.17, 15) is 0 Å². The van der Waals surface area contributed by atoms with Crippen molar-refractivity contribution >= 4 is 5.69 Å². The Morgan fingerprint density at radius 2 is 1.89 bits per heavy atom. The molecule has 3 nitrogen and oxygen atoms in total. The highest BCUT2D eigenvalue weighted by Crippen LogP contribution is 2.29. The summed E-state index contributed by atoms with van der Waals surface area (Å²) < 4.78 is 0. The Labute approximate surface area is 116 Å². The summed E-state index contributed by atoms with van der Waals surface area (Å²) in [5, 5.41) is 3.51. The van der Waals surface area contributed by atoms with Gasteiger partial charge in [-0.1, -0.05) is 12.1 Å². The molecule has 1 aromatic rings. The van der Waals surface area contributed by atoms with E-state index in [2.05, 4.69) is 54.2 Å². The van der Waals surface area contributed by atoms with Crippen LogP contribution in [0.5, 0.6) is 0 Å². The number of rotatable bonds is 1. The van der Waals surface area contributed by atoms with E-state index in [1.54, 1.807) is 0 Å². The van der Waals surface area contributed by atoms with Crippen LogP contribution in [0.4, 0.5) is 5.69 Å². The number of likely N-dealkylation sites (N-methyl/N-ethyl adjacent to an activating group) is 1. The molecular formula is C16H25N3. The molecule has 1 N–H and O–H groups in total. The normalized spacial score (nSPS) is 28.3. The summed E-state index contributed by atoms with van der Waals surface area (Å²) in [6.45, 7) is 9.08. The second-order valence-corrected chi connectivity index (χ2v) is 6.11. The topological polar surface area (TPSA) is 18.5 Å². The Morgan fingerprint density at radius 3 is 2.63 bits per heavy atom. The number of fused-ring (bicyclic) bond motifs is 1. The summed E-state index contributed by atoms with van der Waals surface area (Å²) in [4.78, 5) is 5.07. The SMILES string of the molecule is CC1CN(c2cccc3c2CNCC3)CC(C)N1C. The van der Waals surface area contributed by atoms with Crippen LogP contribution in [0.25, 0.3) is 0 Å². The molecular weight excluding hydrogens is 234 g/mol. The van der Waals surface area contributed by atoms with E-state index < -0.39 is 0 Å². The van der Waals surface area contributed by atoms with Gasteiger partial charge in [0.25, 0.3) is 0 Å². The van der Waals surface area contributed by atoms with E-state index in [4.69, 9.17) is 0 Å². The van der Waals surface area contributed by atoms with E-state index >= 15 is 0 Å². The molecule has 2 unspecified atom stereocenters. The van der Waals surface area contributed by atoms with Gasteiger partial charge in [-0.2, -0.15) is 0 Å². The van der Waals surface area contributed by atoms with Crippen molar-refractivity contribution in [2.45, 2.75) is 38.9 Å². The molecule has 3 rings (SSSR count). The van der Waals surface area contributed by atoms with Gasteiger partial charge in [-0.3, -0.25) is 4.90 Å². The van der Waals surface area contributed by atoms with Gasteiger partial charge in [0.15, 0.2) is 0 Å². The fourth-order valence-corrected chi connectivity index (χ4v) is 3.39. The van der Waals surface area contributed by atoms with Gasteiger partial charge in [0, 0.05) is 37.4 Å². The third-order valence-corrected chi connectivity index (χ3v) is 4.82. The van der Waals surface area contributed by atoms with E-state index in [0.29, 0.717) is 12.1 Å². The largest absolute Gasteiger partial charge is 0.368 e. The zero-order valence-corrected chi connectivity index (χ0v) is 12.3. The first-order valence-corrected chi connectivity index (χ1v) is 7.45. The predicted molar refractivity (Wildman–Crippen MR) is 80.8 cm³/mol. The van der Waals surface area contributed by atoms with Gasteiger partial charge in [0.2, 0.25) is 0 Å². The number of hydrogen-bond donors (Lipinski definition) is 1. The summed E-state index contributed by atoms with van der Waals surface area (Å²) in [6.07, 6.45) is 1.17. The molecule has 1 aromatic carbocycles. The van der Waals surface area contributed by atoms with Crippen LogP contribution in [0.2, 0.25) is 0 Å². The molecule has 0 spiro atoms. The van der Waals surface area contributed by atoms with E-state index in [1.807, 2.05) is 0 Å². The fraction of sp³-hybridized carbons (Fsp3) is 0.625. The first-order valence-electron chi connectivity index (χ1n) is 7.45. The molecule has 19 heavy (non-hydrogen) atoms. The minimum Gasteiger partial charge on any atom is -0.368 e. The Hall–Kier alpha value is -1.06. The van der Waals surface area contributed by atoms with Crippen molar-refractivity contribution in [2.24, 2.45) is 0 Å². The van der Waals surface area contributed by atoms with Crippen molar-refractivity contribution in [2.75, 3.05) is 31.6 Å². The number of hydrogen-bond acceptors (Lipinski definition) is 3. The maximum Gasteiger partial charge on any atom is 0.0415 e. The lowest BCUT2D eigenvalue weighted by atomic mass is 9.97.